The molecule has 1 N–H and O–H groups in total. The van der Waals surface area contributed by atoms with Crippen molar-refractivity contribution in [2.24, 2.45) is 0 Å². The minimum Gasteiger partial charge on any atom is -0.388 e. The Balaban J connectivity index is 1.89. The number of hydrogen-bond acceptors (Lipinski definition) is 1. The maximum Gasteiger partial charge on any atom is 0.123 e. The van der Waals surface area contributed by atoms with Crippen LogP contribution < -0.4 is 0 Å². The first-order valence-electron chi connectivity index (χ1n) is 7.05. The normalized spacial score (nSPS) is 12.5. The molecule has 0 heterocycles. The summed E-state index contributed by atoms with van der Waals surface area (Å²) in [5.74, 6) is -0.263. The molecule has 1 nitrogen and oxygen atoms in total. The number of fused-ring (bicyclic) bond motifs is 1. The molecule has 0 bridgehead atoms. The third-order valence-electron chi connectivity index (χ3n) is 3.88. The molecule has 106 valence electrons. The van der Waals surface area contributed by atoms with E-state index in [1.807, 2.05) is 49.4 Å². The maximum atomic E-state index is 13.3. The fraction of sp³-hybridized carbons (Fsp3) is 0.158. The zero-order chi connectivity index (χ0) is 14.8. The molecule has 3 aromatic rings. The van der Waals surface area contributed by atoms with Crippen molar-refractivity contribution in [1.82, 2.24) is 0 Å². The zero-order valence-electron chi connectivity index (χ0n) is 11.9. The SMILES string of the molecule is Cc1ccc(F)cc1CC(O)c1ccc2ccccc2c1. The van der Waals surface area contributed by atoms with Crippen molar-refractivity contribution in [3.63, 3.8) is 0 Å². The van der Waals surface area contributed by atoms with E-state index in [-0.39, 0.29) is 5.82 Å². The van der Waals surface area contributed by atoms with E-state index in [0.29, 0.717) is 6.42 Å². The van der Waals surface area contributed by atoms with Crippen LogP contribution in [0.2, 0.25) is 0 Å². The Labute approximate surface area is 123 Å². The van der Waals surface area contributed by atoms with Crippen LogP contribution in [0.4, 0.5) is 4.39 Å². The van der Waals surface area contributed by atoms with Crippen molar-refractivity contribution in [3.05, 3.63) is 83.2 Å². The predicted molar refractivity (Wildman–Crippen MR) is 83.7 cm³/mol. The molecule has 0 aliphatic carbocycles. The van der Waals surface area contributed by atoms with E-state index in [2.05, 4.69) is 0 Å². The second kappa shape index (κ2) is 5.66. The number of aliphatic hydroxyl groups is 1. The number of rotatable bonds is 3. The van der Waals surface area contributed by atoms with Gasteiger partial charge in [-0.1, -0.05) is 42.5 Å². The molecule has 0 saturated heterocycles. The van der Waals surface area contributed by atoms with Crippen LogP contribution in [0, 0.1) is 12.7 Å². The lowest BCUT2D eigenvalue weighted by Crippen LogP contribution is -2.03. The molecule has 0 radical (unpaired) electrons. The molecule has 0 fully saturated rings. The van der Waals surface area contributed by atoms with Crippen molar-refractivity contribution in [2.45, 2.75) is 19.4 Å². The van der Waals surface area contributed by atoms with Crippen molar-refractivity contribution >= 4 is 10.8 Å². The van der Waals surface area contributed by atoms with E-state index in [9.17, 15) is 9.50 Å². The predicted octanol–water partition coefficient (Wildman–Crippen LogP) is 4.56. The first-order valence-corrected chi connectivity index (χ1v) is 7.05. The molecular formula is C19H17FO. The average Bonchev–Trinajstić information content (AvgIpc) is 2.50. The number of hydrogen-bond donors (Lipinski definition) is 1. The number of benzene rings is 3. The Kier molecular flexibility index (Phi) is 3.72. The molecule has 1 unspecified atom stereocenters. The Bertz CT molecular complexity index is 779. The number of aryl methyl sites for hydroxylation is 1. The van der Waals surface area contributed by atoms with E-state index in [1.54, 1.807) is 6.07 Å². The van der Waals surface area contributed by atoms with E-state index < -0.39 is 6.10 Å². The van der Waals surface area contributed by atoms with Gasteiger partial charge in [-0.15, -0.1) is 0 Å². The summed E-state index contributed by atoms with van der Waals surface area (Å²) in [5, 5.41) is 12.7. The Hall–Kier alpha value is -2.19. The molecule has 0 aromatic heterocycles. The smallest absolute Gasteiger partial charge is 0.123 e. The number of aliphatic hydroxyl groups excluding tert-OH is 1. The van der Waals surface area contributed by atoms with Crippen LogP contribution in [0.25, 0.3) is 10.8 Å². The summed E-state index contributed by atoms with van der Waals surface area (Å²) >= 11 is 0. The summed E-state index contributed by atoms with van der Waals surface area (Å²) in [7, 11) is 0. The van der Waals surface area contributed by atoms with Gasteiger partial charge in [-0.05, 0) is 52.6 Å². The topological polar surface area (TPSA) is 20.2 Å². The molecule has 21 heavy (non-hydrogen) atoms. The van der Waals surface area contributed by atoms with Gasteiger partial charge in [0, 0.05) is 6.42 Å². The van der Waals surface area contributed by atoms with Gasteiger partial charge in [0.25, 0.3) is 0 Å². The second-order valence-corrected chi connectivity index (χ2v) is 5.40. The molecule has 0 aliphatic rings. The highest BCUT2D eigenvalue weighted by Gasteiger charge is 2.11. The van der Waals surface area contributed by atoms with Crippen molar-refractivity contribution in [3.8, 4) is 0 Å². The van der Waals surface area contributed by atoms with Crippen molar-refractivity contribution < 1.29 is 9.50 Å². The summed E-state index contributed by atoms with van der Waals surface area (Å²) < 4.78 is 13.3. The summed E-state index contributed by atoms with van der Waals surface area (Å²) in [4.78, 5) is 0. The lowest BCUT2D eigenvalue weighted by atomic mass is 9.96. The third-order valence-corrected chi connectivity index (χ3v) is 3.88. The van der Waals surface area contributed by atoms with Gasteiger partial charge < -0.3 is 5.11 Å². The minimum atomic E-state index is -0.630. The Morgan fingerprint density at radius 2 is 1.71 bits per heavy atom. The highest BCUT2D eigenvalue weighted by molar-refractivity contribution is 5.83. The molecule has 3 rings (SSSR count). The Morgan fingerprint density at radius 1 is 0.952 bits per heavy atom. The number of halogens is 1. The average molecular weight is 280 g/mol. The van der Waals surface area contributed by atoms with Gasteiger partial charge in [-0.2, -0.15) is 0 Å². The molecular weight excluding hydrogens is 263 g/mol. The molecule has 0 amide bonds. The van der Waals surface area contributed by atoms with Gasteiger partial charge in [0.2, 0.25) is 0 Å². The third kappa shape index (κ3) is 2.96. The summed E-state index contributed by atoms with van der Waals surface area (Å²) in [6.07, 6.45) is -0.211. The Morgan fingerprint density at radius 3 is 2.52 bits per heavy atom. The lowest BCUT2D eigenvalue weighted by molar-refractivity contribution is 0.178. The fourth-order valence-corrected chi connectivity index (χ4v) is 2.60. The van der Waals surface area contributed by atoms with E-state index in [0.717, 1.165) is 27.5 Å². The van der Waals surface area contributed by atoms with Crippen molar-refractivity contribution in [2.75, 3.05) is 0 Å². The molecule has 0 spiro atoms. The van der Waals surface area contributed by atoms with Crippen LogP contribution in [0.5, 0.6) is 0 Å². The molecule has 0 saturated carbocycles. The molecule has 0 aliphatic heterocycles. The van der Waals surface area contributed by atoms with Crippen LogP contribution in [-0.4, -0.2) is 5.11 Å². The van der Waals surface area contributed by atoms with E-state index in [4.69, 9.17) is 0 Å². The van der Waals surface area contributed by atoms with Crippen LogP contribution in [-0.2, 0) is 6.42 Å². The second-order valence-electron chi connectivity index (χ2n) is 5.40. The summed E-state index contributed by atoms with van der Waals surface area (Å²) in [6, 6.07) is 18.7. The van der Waals surface area contributed by atoms with Gasteiger partial charge in [0.1, 0.15) is 5.82 Å². The van der Waals surface area contributed by atoms with Gasteiger partial charge in [0.05, 0.1) is 6.10 Å². The first kappa shape index (κ1) is 13.8. The zero-order valence-corrected chi connectivity index (χ0v) is 11.9. The first-order chi connectivity index (χ1) is 10.1. The van der Waals surface area contributed by atoms with Crippen LogP contribution in [0.3, 0.4) is 0 Å². The van der Waals surface area contributed by atoms with Gasteiger partial charge in [-0.25, -0.2) is 4.39 Å². The molecule has 3 aromatic carbocycles. The maximum absolute atomic E-state index is 13.3. The lowest BCUT2D eigenvalue weighted by Gasteiger charge is -2.14. The largest absolute Gasteiger partial charge is 0.388 e. The van der Waals surface area contributed by atoms with Gasteiger partial charge >= 0.3 is 0 Å². The van der Waals surface area contributed by atoms with Gasteiger partial charge in [-0.3, -0.25) is 0 Å². The minimum absolute atomic E-state index is 0.263. The summed E-state index contributed by atoms with van der Waals surface area (Å²) in [6.45, 7) is 1.93. The standard InChI is InChI=1S/C19H17FO/c1-13-6-9-18(20)11-17(13)12-19(21)16-8-7-14-4-2-3-5-15(14)10-16/h2-11,19,21H,12H2,1H3. The van der Waals surface area contributed by atoms with Crippen LogP contribution in [0.1, 0.15) is 22.8 Å². The fourth-order valence-electron chi connectivity index (χ4n) is 2.60. The highest BCUT2D eigenvalue weighted by Crippen LogP contribution is 2.24. The highest BCUT2D eigenvalue weighted by atomic mass is 19.1. The quantitative estimate of drug-likeness (QED) is 0.745. The van der Waals surface area contributed by atoms with E-state index in [1.165, 1.54) is 12.1 Å². The molecule has 1 atom stereocenters. The van der Waals surface area contributed by atoms with Crippen LogP contribution in [0.15, 0.2) is 60.7 Å². The van der Waals surface area contributed by atoms with Gasteiger partial charge in [0.15, 0.2) is 0 Å². The summed E-state index contributed by atoms with van der Waals surface area (Å²) in [5.41, 5.74) is 2.70. The van der Waals surface area contributed by atoms with Crippen LogP contribution >= 0.6 is 0 Å². The van der Waals surface area contributed by atoms with E-state index >= 15 is 0 Å². The molecule has 2 heteroatoms. The monoisotopic (exact) mass is 280 g/mol. The van der Waals surface area contributed by atoms with Crippen molar-refractivity contribution in [1.29, 1.82) is 0 Å².